The molecule has 0 aromatic heterocycles. The number of aryl methyl sites for hydroxylation is 1. The van der Waals surface area contributed by atoms with E-state index in [1.807, 2.05) is 30.8 Å². The van der Waals surface area contributed by atoms with Gasteiger partial charge in [0.2, 0.25) is 5.91 Å². The third-order valence-corrected chi connectivity index (χ3v) is 3.89. The van der Waals surface area contributed by atoms with Crippen LogP contribution < -0.4 is 10.6 Å². The molecule has 0 fully saturated rings. The van der Waals surface area contributed by atoms with Crippen molar-refractivity contribution in [3.8, 4) is 0 Å². The van der Waals surface area contributed by atoms with Gasteiger partial charge in [0.15, 0.2) is 0 Å². The smallest absolute Gasteiger partial charge is 0.238 e. The van der Waals surface area contributed by atoms with E-state index in [1.165, 1.54) is 18.6 Å². The first-order chi connectivity index (χ1) is 9.63. The van der Waals surface area contributed by atoms with Crippen LogP contribution in [-0.2, 0) is 4.79 Å². The van der Waals surface area contributed by atoms with Gasteiger partial charge in [-0.15, -0.1) is 0 Å². The van der Waals surface area contributed by atoms with Crippen LogP contribution in [0.5, 0.6) is 0 Å². The van der Waals surface area contributed by atoms with Crippen LogP contribution in [0.15, 0.2) is 18.2 Å². The van der Waals surface area contributed by atoms with Gasteiger partial charge in [0.1, 0.15) is 0 Å². The lowest BCUT2D eigenvalue weighted by atomic mass is 10.2. The number of halogens is 1. The number of anilines is 1. The lowest BCUT2D eigenvalue weighted by molar-refractivity contribution is -0.115. The molecule has 0 spiro atoms. The summed E-state index contributed by atoms with van der Waals surface area (Å²) in [6.45, 7) is 3.18. The van der Waals surface area contributed by atoms with Crippen LogP contribution in [-0.4, -0.2) is 31.0 Å². The van der Waals surface area contributed by atoms with Gasteiger partial charge in [-0.3, -0.25) is 4.79 Å². The van der Waals surface area contributed by atoms with Gasteiger partial charge in [-0.1, -0.05) is 24.1 Å². The van der Waals surface area contributed by atoms with Gasteiger partial charge in [0.05, 0.1) is 6.54 Å². The van der Waals surface area contributed by atoms with E-state index in [2.05, 4.69) is 16.9 Å². The number of benzene rings is 1. The van der Waals surface area contributed by atoms with Gasteiger partial charge in [-0.05, 0) is 56.0 Å². The molecule has 0 saturated heterocycles. The summed E-state index contributed by atoms with van der Waals surface area (Å²) in [6, 6.07) is 5.49. The maximum absolute atomic E-state index is 11.8. The highest BCUT2D eigenvalue weighted by Gasteiger charge is 2.04. The molecule has 5 heteroatoms. The Labute approximate surface area is 130 Å². The Morgan fingerprint density at radius 2 is 2.10 bits per heavy atom. The molecule has 0 aliphatic carbocycles. The van der Waals surface area contributed by atoms with Gasteiger partial charge >= 0.3 is 0 Å². The third kappa shape index (κ3) is 7.17. The first-order valence-electron chi connectivity index (χ1n) is 6.89. The highest BCUT2D eigenvalue weighted by Crippen LogP contribution is 2.19. The second kappa shape index (κ2) is 10.1. The molecule has 0 aliphatic rings. The molecule has 0 bridgehead atoms. The van der Waals surface area contributed by atoms with E-state index in [0.717, 1.165) is 24.2 Å². The predicted molar refractivity (Wildman–Crippen MR) is 89.9 cm³/mol. The average molecular weight is 315 g/mol. The maximum atomic E-state index is 11.8. The molecule has 0 unspecified atom stereocenters. The first-order valence-corrected chi connectivity index (χ1v) is 8.66. The number of carbonyl (C=O) groups is 1. The standard InChI is InChI=1S/C15H23ClN2OS/c1-12-6-7-13(16)10-14(12)18-15(19)11-17-8-4-3-5-9-20-2/h6-7,10,17H,3-5,8-9,11H2,1-2H3,(H,18,19). The zero-order chi connectivity index (χ0) is 14.8. The molecule has 20 heavy (non-hydrogen) atoms. The molecule has 2 N–H and O–H groups in total. The zero-order valence-electron chi connectivity index (χ0n) is 12.2. The molecular weight excluding hydrogens is 292 g/mol. The average Bonchev–Trinajstić information content (AvgIpc) is 2.42. The summed E-state index contributed by atoms with van der Waals surface area (Å²) in [5.41, 5.74) is 1.80. The fourth-order valence-electron chi connectivity index (χ4n) is 1.80. The minimum Gasteiger partial charge on any atom is -0.325 e. The van der Waals surface area contributed by atoms with Crippen molar-refractivity contribution >= 4 is 35.0 Å². The molecule has 0 aliphatic heterocycles. The van der Waals surface area contributed by atoms with Gasteiger partial charge in [-0.2, -0.15) is 11.8 Å². The van der Waals surface area contributed by atoms with Crippen molar-refractivity contribution < 1.29 is 4.79 Å². The normalized spacial score (nSPS) is 10.6. The lowest BCUT2D eigenvalue weighted by Gasteiger charge is -2.09. The number of nitrogens with one attached hydrogen (secondary N) is 2. The van der Waals surface area contributed by atoms with Crippen molar-refractivity contribution in [3.05, 3.63) is 28.8 Å². The minimum absolute atomic E-state index is 0.0283. The molecule has 112 valence electrons. The Hall–Kier alpha value is -0.710. The second-order valence-electron chi connectivity index (χ2n) is 4.74. The van der Waals surface area contributed by atoms with Crippen molar-refractivity contribution in [2.75, 3.05) is 30.4 Å². The quantitative estimate of drug-likeness (QED) is 0.683. The Bertz CT molecular complexity index is 426. The Morgan fingerprint density at radius 1 is 1.30 bits per heavy atom. The van der Waals surface area contributed by atoms with Gasteiger partial charge in [-0.25, -0.2) is 0 Å². The highest BCUT2D eigenvalue weighted by molar-refractivity contribution is 7.98. The van der Waals surface area contributed by atoms with E-state index < -0.39 is 0 Å². The minimum atomic E-state index is -0.0283. The van der Waals surface area contributed by atoms with Crippen molar-refractivity contribution in [2.45, 2.75) is 26.2 Å². The van der Waals surface area contributed by atoms with E-state index >= 15 is 0 Å². The van der Waals surface area contributed by atoms with Crippen LogP contribution in [0.1, 0.15) is 24.8 Å². The van der Waals surface area contributed by atoms with Crippen LogP contribution in [0, 0.1) is 6.92 Å². The summed E-state index contributed by atoms with van der Waals surface area (Å²) in [5.74, 6) is 1.19. The van der Waals surface area contributed by atoms with Gasteiger partial charge in [0.25, 0.3) is 0 Å². The predicted octanol–water partition coefficient (Wildman–Crippen LogP) is 3.71. The summed E-state index contributed by atoms with van der Waals surface area (Å²) in [6.07, 6.45) is 5.70. The third-order valence-electron chi connectivity index (χ3n) is 2.96. The summed E-state index contributed by atoms with van der Waals surface area (Å²) < 4.78 is 0. The van der Waals surface area contributed by atoms with Crippen LogP contribution in [0.2, 0.25) is 5.02 Å². The Morgan fingerprint density at radius 3 is 2.85 bits per heavy atom. The van der Waals surface area contributed by atoms with Crippen LogP contribution in [0.4, 0.5) is 5.69 Å². The summed E-state index contributed by atoms with van der Waals surface area (Å²) in [4.78, 5) is 11.8. The lowest BCUT2D eigenvalue weighted by Crippen LogP contribution is -2.29. The molecular formula is C15H23ClN2OS. The van der Waals surface area contributed by atoms with Gasteiger partial charge < -0.3 is 10.6 Å². The SMILES string of the molecule is CSCCCCCNCC(=O)Nc1cc(Cl)ccc1C. The van der Waals surface area contributed by atoms with Crippen molar-refractivity contribution in [1.82, 2.24) is 5.32 Å². The molecule has 1 amide bonds. The molecule has 1 aromatic carbocycles. The largest absolute Gasteiger partial charge is 0.325 e. The number of rotatable bonds is 9. The summed E-state index contributed by atoms with van der Waals surface area (Å²) in [7, 11) is 0. The number of amides is 1. The molecule has 0 heterocycles. The van der Waals surface area contributed by atoms with E-state index in [-0.39, 0.29) is 5.91 Å². The van der Waals surface area contributed by atoms with Crippen molar-refractivity contribution in [2.24, 2.45) is 0 Å². The molecule has 0 radical (unpaired) electrons. The van der Waals surface area contributed by atoms with Gasteiger partial charge in [0, 0.05) is 10.7 Å². The first kappa shape index (κ1) is 17.3. The van der Waals surface area contributed by atoms with Crippen LogP contribution >= 0.6 is 23.4 Å². The van der Waals surface area contributed by atoms with Crippen molar-refractivity contribution in [3.63, 3.8) is 0 Å². The molecule has 1 aromatic rings. The fourth-order valence-corrected chi connectivity index (χ4v) is 2.46. The highest BCUT2D eigenvalue weighted by atomic mass is 35.5. The van der Waals surface area contributed by atoms with E-state index in [4.69, 9.17) is 11.6 Å². The van der Waals surface area contributed by atoms with E-state index in [0.29, 0.717) is 11.6 Å². The number of carbonyl (C=O) groups excluding carboxylic acids is 1. The number of unbranched alkanes of at least 4 members (excludes halogenated alkanes) is 2. The Kier molecular flexibility index (Phi) is 8.74. The molecule has 0 saturated carbocycles. The molecule has 3 nitrogen and oxygen atoms in total. The van der Waals surface area contributed by atoms with Crippen molar-refractivity contribution in [1.29, 1.82) is 0 Å². The van der Waals surface area contributed by atoms with Crippen LogP contribution in [0.25, 0.3) is 0 Å². The van der Waals surface area contributed by atoms with Crippen LogP contribution in [0.3, 0.4) is 0 Å². The fraction of sp³-hybridized carbons (Fsp3) is 0.533. The summed E-state index contributed by atoms with van der Waals surface area (Å²) in [5, 5.41) is 6.67. The number of thioether (sulfide) groups is 1. The monoisotopic (exact) mass is 314 g/mol. The number of hydrogen-bond donors (Lipinski definition) is 2. The van der Waals surface area contributed by atoms with E-state index in [1.54, 1.807) is 6.07 Å². The maximum Gasteiger partial charge on any atom is 0.238 e. The van der Waals surface area contributed by atoms with E-state index in [9.17, 15) is 4.79 Å². The molecule has 1 rings (SSSR count). The Balaban J connectivity index is 2.19. The molecule has 0 atom stereocenters. The summed E-state index contributed by atoms with van der Waals surface area (Å²) >= 11 is 7.80. The second-order valence-corrected chi connectivity index (χ2v) is 6.16. The topological polar surface area (TPSA) is 41.1 Å². The zero-order valence-corrected chi connectivity index (χ0v) is 13.7. The number of hydrogen-bond acceptors (Lipinski definition) is 3.